The zero-order valence-electron chi connectivity index (χ0n) is 7.66. The van der Waals surface area contributed by atoms with Gasteiger partial charge in [0.15, 0.2) is 0 Å². The van der Waals surface area contributed by atoms with Gasteiger partial charge in [0.25, 0.3) is 0 Å². The van der Waals surface area contributed by atoms with E-state index in [1.807, 2.05) is 6.08 Å². The molecule has 2 aliphatic carbocycles. The first-order valence-corrected chi connectivity index (χ1v) is 4.63. The third-order valence-corrected chi connectivity index (χ3v) is 2.44. The molecule has 0 amide bonds. The van der Waals surface area contributed by atoms with Crippen molar-refractivity contribution in [3.05, 3.63) is 66.2 Å². The van der Waals surface area contributed by atoms with Crippen LogP contribution in [-0.4, -0.2) is 0 Å². The van der Waals surface area contributed by atoms with Crippen LogP contribution in [0.4, 0.5) is 0 Å². The van der Waals surface area contributed by atoms with E-state index in [4.69, 9.17) is 0 Å². The van der Waals surface area contributed by atoms with Crippen LogP contribution in [0.15, 0.2) is 60.3 Å². The summed E-state index contributed by atoms with van der Waals surface area (Å²) in [6.07, 6.45) is 17.0. The Morgan fingerprint density at radius 1 is 1.08 bits per heavy atom. The van der Waals surface area contributed by atoms with Crippen LogP contribution in [0, 0.1) is 5.92 Å². The van der Waals surface area contributed by atoms with Gasteiger partial charge < -0.3 is 0 Å². The highest BCUT2D eigenvalue weighted by Crippen LogP contribution is 2.33. The summed E-state index contributed by atoms with van der Waals surface area (Å²) in [6.45, 7) is 3.88. The molecule has 1 radical (unpaired) electrons. The van der Waals surface area contributed by atoms with Crippen LogP contribution in [0.2, 0.25) is 0 Å². The van der Waals surface area contributed by atoms with E-state index in [9.17, 15) is 0 Å². The lowest BCUT2D eigenvalue weighted by Crippen LogP contribution is -1.99. The van der Waals surface area contributed by atoms with Gasteiger partial charge in [0.2, 0.25) is 0 Å². The van der Waals surface area contributed by atoms with Crippen molar-refractivity contribution in [2.75, 3.05) is 0 Å². The highest BCUT2D eigenvalue weighted by atomic mass is 14.2. The molecular weight excluding hydrogens is 156 g/mol. The molecule has 2 rings (SSSR count). The average Bonchev–Trinajstić information content (AvgIpc) is 2.76. The largest absolute Gasteiger partial charge is 0.102 e. The number of rotatable bonds is 3. The number of hydrogen-bond acceptors (Lipinski definition) is 0. The van der Waals surface area contributed by atoms with Gasteiger partial charge in [-0.05, 0) is 12.8 Å². The van der Waals surface area contributed by atoms with E-state index in [-0.39, 0.29) is 0 Å². The van der Waals surface area contributed by atoms with Gasteiger partial charge in [0, 0.05) is 5.92 Å². The summed E-state index contributed by atoms with van der Waals surface area (Å²) in [7, 11) is 0. The third-order valence-electron chi connectivity index (χ3n) is 2.44. The van der Waals surface area contributed by atoms with Crippen LogP contribution in [0.1, 0.15) is 12.8 Å². The van der Waals surface area contributed by atoms with E-state index in [1.54, 1.807) is 0 Å². The maximum Gasteiger partial charge on any atom is 0.0477 e. The second kappa shape index (κ2) is 3.61. The summed E-state index contributed by atoms with van der Waals surface area (Å²) in [6, 6.07) is 0. The van der Waals surface area contributed by atoms with Gasteiger partial charge in [-0.2, -0.15) is 0 Å². The maximum atomic E-state index is 3.88. The average molecular weight is 169 g/mol. The van der Waals surface area contributed by atoms with Crippen LogP contribution in [0.3, 0.4) is 0 Å². The molecule has 0 N–H and O–H groups in total. The van der Waals surface area contributed by atoms with E-state index in [0.29, 0.717) is 0 Å². The molecule has 0 atom stereocenters. The molecule has 0 bridgehead atoms. The molecule has 0 aromatic rings. The number of hydrogen-bond donors (Lipinski definition) is 0. The van der Waals surface area contributed by atoms with Gasteiger partial charge in [-0.3, -0.25) is 0 Å². The van der Waals surface area contributed by atoms with Crippen molar-refractivity contribution in [3.8, 4) is 0 Å². The lowest BCUT2D eigenvalue weighted by atomic mass is 9.89. The van der Waals surface area contributed by atoms with Crippen LogP contribution in [0.25, 0.3) is 0 Å². The molecule has 0 aromatic heterocycles. The Hall–Kier alpha value is -1.30. The normalized spacial score (nSPS) is 19.5. The Morgan fingerprint density at radius 2 is 1.62 bits per heavy atom. The summed E-state index contributed by atoms with van der Waals surface area (Å²) >= 11 is 0. The van der Waals surface area contributed by atoms with Crippen LogP contribution in [0.5, 0.6) is 0 Å². The van der Waals surface area contributed by atoms with Crippen molar-refractivity contribution in [1.82, 2.24) is 0 Å². The minimum absolute atomic E-state index is 1.05. The zero-order valence-corrected chi connectivity index (χ0v) is 7.66. The zero-order chi connectivity index (χ0) is 9.10. The predicted octanol–water partition coefficient (Wildman–Crippen LogP) is 3.52. The van der Waals surface area contributed by atoms with Gasteiger partial charge in [-0.15, -0.1) is 6.58 Å². The van der Waals surface area contributed by atoms with Gasteiger partial charge in [-0.25, -0.2) is 0 Å². The molecule has 0 unspecified atom stereocenters. The molecule has 0 spiro atoms. The van der Waals surface area contributed by atoms with Crippen molar-refractivity contribution in [2.45, 2.75) is 12.8 Å². The third kappa shape index (κ3) is 1.57. The van der Waals surface area contributed by atoms with E-state index in [2.05, 4.69) is 43.0 Å². The summed E-state index contributed by atoms with van der Waals surface area (Å²) < 4.78 is 0. The molecule has 0 aromatic carbocycles. The molecular formula is C13H13. The second-order valence-electron chi connectivity index (χ2n) is 3.27. The van der Waals surface area contributed by atoms with Crippen molar-refractivity contribution >= 4 is 0 Å². The van der Waals surface area contributed by atoms with Gasteiger partial charge in [0.1, 0.15) is 0 Å². The molecule has 65 valence electrons. The SMILES string of the molecule is C=C[C](C1=CC=CC1)C1=CC=CC1. The summed E-state index contributed by atoms with van der Waals surface area (Å²) in [4.78, 5) is 0. The summed E-state index contributed by atoms with van der Waals surface area (Å²) in [5.41, 5.74) is 2.79. The molecule has 0 heteroatoms. The molecule has 0 heterocycles. The fraction of sp³-hybridized carbons (Fsp3) is 0.154. The molecule has 0 fully saturated rings. The van der Waals surface area contributed by atoms with E-state index < -0.39 is 0 Å². The van der Waals surface area contributed by atoms with Crippen LogP contribution >= 0.6 is 0 Å². The standard InChI is InChI=1S/C13H13/c1-2-13(11-7-3-4-8-11)12-9-5-6-10-12/h2-7,9H,1,8,10H2. The Kier molecular flexibility index (Phi) is 2.31. The fourth-order valence-electron chi connectivity index (χ4n) is 1.76. The van der Waals surface area contributed by atoms with Gasteiger partial charge in [0.05, 0.1) is 0 Å². The Bertz CT molecular complexity index is 294. The molecule has 0 nitrogen and oxygen atoms in total. The summed E-state index contributed by atoms with van der Waals surface area (Å²) in [5.74, 6) is 1.31. The first-order valence-electron chi connectivity index (χ1n) is 4.63. The predicted molar refractivity (Wildman–Crippen MR) is 57.1 cm³/mol. The smallest absolute Gasteiger partial charge is 0.0477 e. The number of allylic oxidation sites excluding steroid dienone is 9. The topological polar surface area (TPSA) is 0 Å². The van der Waals surface area contributed by atoms with Gasteiger partial charge in [-0.1, -0.05) is 53.7 Å². The van der Waals surface area contributed by atoms with E-state index in [0.717, 1.165) is 12.8 Å². The molecule has 2 aliphatic rings. The van der Waals surface area contributed by atoms with Gasteiger partial charge >= 0.3 is 0 Å². The Labute approximate surface area is 79.7 Å². The minimum Gasteiger partial charge on any atom is -0.102 e. The van der Waals surface area contributed by atoms with E-state index in [1.165, 1.54) is 17.1 Å². The quantitative estimate of drug-likeness (QED) is 0.606. The Balaban J connectivity index is 2.14. The molecule has 0 aliphatic heterocycles. The summed E-state index contributed by atoms with van der Waals surface area (Å²) in [5, 5.41) is 0. The van der Waals surface area contributed by atoms with Crippen molar-refractivity contribution in [2.24, 2.45) is 0 Å². The lowest BCUT2D eigenvalue weighted by molar-refractivity contribution is 1.10. The maximum absolute atomic E-state index is 3.88. The highest BCUT2D eigenvalue weighted by molar-refractivity contribution is 5.53. The van der Waals surface area contributed by atoms with Crippen molar-refractivity contribution in [3.63, 3.8) is 0 Å². The minimum atomic E-state index is 1.05. The fourth-order valence-corrected chi connectivity index (χ4v) is 1.76. The van der Waals surface area contributed by atoms with Crippen LogP contribution < -0.4 is 0 Å². The van der Waals surface area contributed by atoms with E-state index >= 15 is 0 Å². The monoisotopic (exact) mass is 169 g/mol. The molecule has 0 saturated heterocycles. The van der Waals surface area contributed by atoms with Crippen LogP contribution in [-0.2, 0) is 0 Å². The van der Waals surface area contributed by atoms with Crippen molar-refractivity contribution < 1.29 is 0 Å². The van der Waals surface area contributed by atoms with Crippen molar-refractivity contribution in [1.29, 1.82) is 0 Å². The highest BCUT2D eigenvalue weighted by Gasteiger charge is 2.17. The Morgan fingerprint density at radius 3 is 1.92 bits per heavy atom. The molecule has 0 saturated carbocycles. The lowest BCUT2D eigenvalue weighted by Gasteiger charge is -2.14. The second-order valence-corrected chi connectivity index (χ2v) is 3.27. The molecule has 13 heavy (non-hydrogen) atoms. The first-order chi connectivity index (χ1) is 6.42. The first kappa shape index (κ1) is 8.31.